The van der Waals surface area contributed by atoms with Gasteiger partial charge in [-0.15, -0.1) is 0 Å². The van der Waals surface area contributed by atoms with Gasteiger partial charge in [-0.05, 0) is 72.9 Å². The maximum atomic E-state index is 13.7. The Labute approximate surface area is 260 Å². The molecule has 2 N–H and O–H groups in total. The van der Waals surface area contributed by atoms with Crippen LogP contribution >= 0.6 is 0 Å². The highest BCUT2D eigenvalue weighted by Gasteiger charge is 2.35. The SMILES string of the molecule is CC(C)CNC(=O)c1ccc(N2C[C@H]3C[C@@H](C2)c2cccc(=O)n2C3)c(NC(=O)c2ccc3oc(-c4cccnc4)nc3c2)c1. The van der Waals surface area contributed by atoms with Crippen molar-refractivity contribution in [3.8, 4) is 11.5 Å². The summed E-state index contributed by atoms with van der Waals surface area (Å²) in [6.45, 7) is 6.73. The number of pyridine rings is 2. The molecule has 10 nitrogen and oxygen atoms in total. The summed E-state index contributed by atoms with van der Waals surface area (Å²) in [5.41, 5.74) is 5.23. The second-order valence-corrected chi connectivity index (χ2v) is 12.3. The standard InChI is InChI=1S/C35H34N6O4/c1-21(2)16-37-33(43)23-8-10-30(40-18-22-13-26(20-40)29-6-3-7-32(42)41(29)19-22)27(14-23)38-34(44)24-9-11-31-28(15-24)39-35(45-31)25-5-4-12-36-17-25/h3-12,14-15,17,21-22,26H,13,16,18-20H2,1-2H3,(H,37,43)(H,38,44)/t22-,26+/m1/s1. The van der Waals surface area contributed by atoms with Crippen molar-refractivity contribution in [1.29, 1.82) is 0 Å². The van der Waals surface area contributed by atoms with Crippen LogP contribution in [0.5, 0.6) is 0 Å². The van der Waals surface area contributed by atoms with Crippen LogP contribution in [0.4, 0.5) is 11.4 Å². The van der Waals surface area contributed by atoms with Crippen molar-refractivity contribution in [3.63, 3.8) is 0 Å². The molecule has 228 valence electrons. The lowest BCUT2D eigenvalue weighted by Gasteiger charge is -2.44. The van der Waals surface area contributed by atoms with E-state index in [4.69, 9.17) is 4.42 Å². The quantitative estimate of drug-likeness (QED) is 0.259. The second-order valence-electron chi connectivity index (χ2n) is 12.3. The van der Waals surface area contributed by atoms with Crippen LogP contribution < -0.4 is 21.1 Å². The Hall–Kier alpha value is -5.25. The molecular weight excluding hydrogens is 568 g/mol. The Morgan fingerprint density at radius 1 is 0.978 bits per heavy atom. The van der Waals surface area contributed by atoms with Crippen molar-refractivity contribution in [2.24, 2.45) is 11.8 Å². The summed E-state index contributed by atoms with van der Waals surface area (Å²) in [6.07, 6.45) is 4.37. The van der Waals surface area contributed by atoms with E-state index in [0.717, 1.165) is 29.9 Å². The number of anilines is 2. The fraction of sp³-hybridized carbons (Fsp3) is 0.286. The Morgan fingerprint density at radius 2 is 1.82 bits per heavy atom. The van der Waals surface area contributed by atoms with Gasteiger partial charge in [0.05, 0.1) is 16.9 Å². The van der Waals surface area contributed by atoms with Crippen LogP contribution in [0.1, 0.15) is 52.6 Å². The third kappa shape index (κ3) is 5.71. The molecule has 45 heavy (non-hydrogen) atoms. The Balaban J connectivity index is 1.20. The molecule has 2 aliphatic heterocycles. The van der Waals surface area contributed by atoms with Crippen molar-refractivity contribution in [2.45, 2.75) is 32.7 Å². The fourth-order valence-electron chi connectivity index (χ4n) is 6.42. The van der Waals surface area contributed by atoms with E-state index >= 15 is 0 Å². The monoisotopic (exact) mass is 602 g/mol. The summed E-state index contributed by atoms with van der Waals surface area (Å²) in [7, 11) is 0. The molecule has 2 bridgehead atoms. The van der Waals surface area contributed by atoms with Crippen LogP contribution in [0.15, 0.2) is 88.3 Å². The summed E-state index contributed by atoms with van der Waals surface area (Å²) in [5.74, 6) is 0.697. The molecule has 0 radical (unpaired) electrons. The van der Waals surface area contributed by atoms with Gasteiger partial charge in [0.2, 0.25) is 5.89 Å². The van der Waals surface area contributed by atoms with E-state index in [-0.39, 0.29) is 29.2 Å². The van der Waals surface area contributed by atoms with Crippen molar-refractivity contribution in [3.05, 3.63) is 106 Å². The third-order valence-corrected chi connectivity index (χ3v) is 8.56. The summed E-state index contributed by atoms with van der Waals surface area (Å²) < 4.78 is 7.80. The number of hydrogen-bond donors (Lipinski definition) is 2. The van der Waals surface area contributed by atoms with E-state index in [1.807, 2.05) is 54.8 Å². The van der Waals surface area contributed by atoms with Gasteiger partial charge in [-0.25, -0.2) is 4.98 Å². The van der Waals surface area contributed by atoms with Crippen molar-refractivity contribution < 1.29 is 14.0 Å². The lowest BCUT2D eigenvalue weighted by molar-refractivity contribution is 0.0947. The average Bonchev–Trinajstić information content (AvgIpc) is 3.48. The lowest BCUT2D eigenvalue weighted by Crippen LogP contribution is -2.47. The minimum Gasteiger partial charge on any atom is -0.436 e. The number of benzene rings is 2. The minimum absolute atomic E-state index is 0.0389. The second kappa shape index (κ2) is 11.7. The molecule has 2 aliphatic rings. The molecule has 5 aromatic rings. The highest BCUT2D eigenvalue weighted by molar-refractivity contribution is 6.08. The summed E-state index contributed by atoms with van der Waals surface area (Å²) in [5, 5.41) is 6.07. The number of oxazole rings is 1. The summed E-state index contributed by atoms with van der Waals surface area (Å²) in [6, 6.07) is 19.8. The zero-order valence-electron chi connectivity index (χ0n) is 25.2. The number of amides is 2. The van der Waals surface area contributed by atoms with E-state index in [2.05, 4.69) is 25.5 Å². The Bertz CT molecular complexity index is 1960. The first kappa shape index (κ1) is 28.5. The van der Waals surface area contributed by atoms with Gasteiger partial charge in [0.1, 0.15) is 5.52 Å². The first-order valence-corrected chi connectivity index (χ1v) is 15.3. The number of piperidine rings is 1. The summed E-state index contributed by atoms with van der Waals surface area (Å²) in [4.78, 5) is 50.3. The molecule has 0 aliphatic carbocycles. The van der Waals surface area contributed by atoms with E-state index < -0.39 is 0 Å². The highest BCUT2D eigenvalue weighted by Crippen LogP contribution is 2.39. The predicted octanol–water partition coefficient (Wildman–Crippen LogP) is 5.31. The molecule has 5 heterocycles. The first-order chi connectivity index (χ1) is 21.8. The zero-order valence-corrected chi connectivity index (χ0v) is 25.2. The van der Waals surface area contributed by atoms with Crippen molar-refractivity contribution >= 4 is 34.3 Å². The first-order valence-electron chi connectivity index (χ1n) is 15.3. The van der Waals surface area contributed by atoms with Gasteiger partial charge < -0.3 is 24.5 Å². The predicted molar refractivity (Wildman–Crippen MR) is 173 cm³/mol. The number of nitrogens with zero attached hydrogens (tertiary/aromatic N) is 4. The molecule has 1 saturated heterocycles. The van der Waals surface area contributed by atoms with E-state index in [0.29, 0.717) is 59.4 Å². The maximum absolute atomic E-state index is 13.7. The molecule has 10 heteroatoms. The molecule has 0 spiro atoms. The Kier molecular flexibility index (Phi) is 7.40. The zero-order chi connectivity index (χ0) is 31.1. The smallest absolute Gasteiger partial charge is 0.255 e. The van der Waals surface area contributed by atoms with Gasteiger partial charge in [-0.2, -0.15) is 0 Å². The largest absolute Gasteiger partial charge is 0.436 e. The van der Waals surface area contributed by atoms with Gasteiger partial charge in [0, 0.05) is 67.4 Å². The molecular formula is C35H34N6O4. The van der Waals surface area contributed by atoms with Crippen LogP contribution in [-0.2, 0) is 6.54 Å². The number of rotatable bonds is 7. The molecule has 0 saturated carbocycles. The normalized spacial score (nSPS) is 17.3. The van der Waals surface area contributed by atoms with E-state index in [1.165, 1.54) is 0 Å². The Morgan fingerprint density at radius 3 is 2.64 bits per heavy atom. The van der Waals surface area contributed by atoms with Crippen LogP contribution in [0.25, 0.3) is 22.6 Å². The van der Waals surface area contributed by atoms with Crippen LogP contribution in [-0.4, -0.2) is 46.0 Å². The fourth-order valence-corrected chi connectivity index (χ4v) is 6.42. The van der Waals surface area contributed by atoms with Crippen LogP contribution in [0.3, 0.4) is 0 Å². The average molecular weight is 603 g/mol. The van der Waals surface area contributed by atoms with Gasteiger partial charge in [0.25, 0.3) is 17.4 Å². The molecule has 2 aromatic carbocycles. The molecule has 2 atom stereocenters. The number of nitrogens with one attached hydrogen (secondary N) is 2. The number of carbonyl (C=O) groups is 2. The van der Waals surface area contributed by atoms with Crippen LogP contribution in [0.2, 0.25) is 0 Å². The van der Waals surface area contributed by atoms with Crippen molar-refractivity contribution in [1.82, 2.24) is 19.9 Å². The highest BCUT2D eigenvalue weighted by atomic mass is 16.3. The third-order valence-electron chi connectivity index (χ3n) is 8.56. The van der Waals surface area contributed by atoms with Crippen LogP contribution in [0, 0.1) is 11.8 Å². The molecule has 3 aromatic heterocycles. The number of hydrogen-bond acceptors (Lipinski definition) is 7. The lowest BCUT2D eigenvalue weighted by atomic mass is 9.83. The van der Waals surface area contributed by atoms with Gasteiger partial charge in [-0.3, -0.25) is 19.4 Å². The number of fused-ring (bicyclic) bond motifs is 5. The van der Waals surface area contributed by atoms with E-state index in [9.17, 15) is 14.4 Å². The molecule has 7 rings (SSSR count). The van der Waals surface area contributed by atoms with E-state index in [1.54, 1.807) is 42.7 Å². The van der Waals surface area contributed by atoms with Crippen molar-refractivity contribution in [2.75, 3.05) is 29.9 Å². The van der Waals surface area contributed by atoms with Gasteiger partial charge in [-0.1, -0.05) is 19.9 Å². The molecule has 0 unspecified atom stereocenters. The molecule has 2 amide bonds. The van der Waals surface area contributed by atoms with Gasteiger partial charge in [0.15, 0.2) is 5.58 Å². The maximum Gasteiger partial charge on any atom is 0.255 e. The van der Waals surface area contributed by atoms with Gasteiger partial charge >= 0.3 is 0 Å². The topological polar surface area (TPSA) is 122 Å². The number of carbonyl (C=O) groups excluding carboxylic acids is 2. The number of aromatic nitrogens is 3. The summed E-state index contributed by atoms with van der Waals surface area (Å²) >= 11 is 0. The minimum atomic E-state index is -0.321. The molecule has 1 fully saturated rings.